The third-order valence-corrected chi connectivity index (χ3v) is 4.71. The van der Waals surface area contributed by atoms with E-state index in [1.165, 1.54) is 11.6 Å². The number of para-hydroxylation sites is 1. The van der Waals surface area contributed by atoms with Crippen LogP contribution in [0.1, 0.15) is 35.0 Å². The van der Waals surface area contributed by atoms with E-state index in [4.69, 9.17) is 0 Å². The lowest BCUT2D eigenvalue weighted by Gasteiger charge is -2.22. The van der Waals surface area contributed by atoms with E-state index in [2.05, 4.69) is 18.5 Å². The average Bonchev–Trinajstić information content (AvgIpc) is 2.90. The number of halogens is 3. The Hall–Kier alpha value is -2.24. The number of fused-ring (bicyclic) bond motifs is 3. The topological polar surface area (TPSA) is 36.1 Å². The van der Waals surface area contributed by atoms with Gasteiger partial charge in [-0.15, -0.1) is 6.58 Å². The second-order valence-electron chi connectivity index (χ2n) is 6.75. The molecule has 134 valence electrons. The lowest BCUT2D eigenvalue weighted by molar-refractivity contribution is -0.139. The fourth-order valence-electron chi connectivity index (χ4n) is 3.56. The van der Waals surface area contributed by atoms with Crippen molar-refractivity contribution in [2.45, 2.75) is 32.4 Å². The van der Waals surface area contributed by atoms with Crippen LogP contribution >= 0.6 is 0 Å². The fourth-order valence-corrected chi connectivity index (χ4v) is 3.56. The molecule has 0 saturated heterocycles. The molecule has 1 aromatic heterocycles. The molecule has 1 unspecified atom stereocenters. The number of alkyl halides is 3. The number of nitrogens with one attached hydrogen (secondary N) is 1. The second kappa shape index (κ2) is 6.58. The van der Waals surface area contributed by atoms with Gasteiger partial charge in [-0.3, -0.25) is 4.79 Å². The molecule has 3 nitrogen and oxygen atoms in total. The highest BCUT2D eigenvalue weighted by molar-refractivity contribution is 6.06. The van der Waals surface area contributed by atoms with Gasteiger partial charge in [0.05, 0.1) is 11.1 Å². The summed E-state index contributed by atoms with van der Waals surface area (Å²) < 4.78 is 38.4. The first-order chi connectivity index (χ1) is 11.8. The minimum absolute atomic E-state index is 0.147. The van der Waals surface area contributed by atoms with E-state index in [0.717, 1.165) is 35.2 Å². The van der Waals surface area contributed by atoms with Crippen LogP contribution in [0.2, 0.25) is 0 Å². The van der Waals surface area contributed by atoms with Crippen molar-refractivity contribution < 1.29 is 18.0 Å². The molecule has 1 N–H and O–H groups in total. The molecule has 3 rings (SSSR count). The highest BCUT2D eigenvalue weighted by Crippen LogP contribution is 2.33. The van der Waals surface area contributed by atoms with Crippen LogP contribution in [0.5, 0.6) is 0 Å². The third kappa shape index (κ3) is 3.57. The molecule has 0 fully saturated rings. The number of carbonyl (C=O) groups excluding carboxylic acids is 1. The van der Waals surface area contributed by atoms with Crippen LogP contribution in [-0.4, -0.2) is 35.1 Å². The molecule has 1 amide bonds. The number of H-pyrrole nitrogens is 1. The zero-order chi connectivity index (χ0) is 18.2. The van der Waals surface area contributed by atoms with E-state index in [-0.39, 0.29) is 12.1 Å². The van der Waals surface area contributed by atoms with E-state index in [1.54, 1.807) is 12.1 Å². The summed E-state index contributed by atoms with van der Waals surface area (Å²) in [6, 6.07) is 5.26. The van der Waals surface area contributed by atoms with Gasteiger partial charge in [0, 0.05) is 17.6 Å². The van der Waals surface area contributed by atoms with E-state index in [1.807, 2.05) is 6.07 Å². The average molecular weight is 350 g/mol. The van der Waals surface area contributed by atoms with Gasteiger partial charge in [0.2, 0.25) is 0 Å². The third-order valence-electron chi connectivity index (χ3n) is 4.71. The predicted molar refractivity (Wildman–Crippen MR) is 91.6 cm³/mol. The first-order valence-corrected chi connectivity index (χ1v) is 8.39. The van der Waals surface area contributed by atoms with Gasteiger partial charge in [0.25, 0.3) is 5.91 Å². The number of hydrogen-bond donors (Lipinski definition) is 1. The number of rotatable bonds is 4. The zero-order valence-corrected chi connectivity index (χ0v) is 14.1. The van der Waals surface area contributed by atoms with Gasteiger partial charge in [-0.25, -0.2) is 0 Å². The van der Waals surface area contributed by atoms with Crippen LogP contribution in [-0.2, 0) is 12.8 Å². The molecular formula is C19H21F3N2O. The van der Waals surface area contributed by atoms with Crippen LogP contribution in [0.15, 0.2) is 30.9 Å². The molecule has 0 aliphatic heterocycles. The Morgan fingerprint density at radius 2 is 2.20 bits per heavy atom. The summed E-state index contributed by atoms with van der Waals surface area (Å²) in [5.41, 5.74) is 3.21. The van der Waals surface area contributed by atoms with Gasteiger partial charge in [-0.2, -0.15) is 13.2 Å². The van der Waals surface area contributed by atoms with Crippen LogP contribution < -0.4 is 0 Å². The summed E-state index contributed by atoms with van der Waals surface area (Å²) in [6.07, 6.45) is -0.244. The second-order valence-corrected chi connectivity index (χ2v) is 6.75. The Labute approximate surface area is 144 Å². The number of hydrogen-bond acceptors (Lipinski definition) is 1. The predicted octanol–water partition coefficient (Wildman–Crippen LogP) is 4.48. The molecule has 1 aliphatic carbocycles. The van der Waals surface area contributed by atoms with Crippen LogP contribution in [0.25, 0.3) is 10.9 Å². The fraction of sp³-hybridized carbons (Fsp3) is 0.421. The number of aryl methyl sites for hydroxylation is 1. The van der Waals surface area contributed by atoms with Gasteiger partial charge in [-0.05, 0) is 36.8 Å². The van der Waals surface area contributed by atoms with Crippen molar-refractivity contribution in [3.63, 3.8) is 0 Å². The minimum atomic E-state index is -4.45. The van der Waals surface area contributed by atoms with E-state index in [0.29, 0.717) is 11.4 Å². The van der Waals surface area contributed by atoms with Crippen molar-refractivity contribution in [2.75, 3.05) is 13.1 Å². The minimum Gasteiger partial charge on any atom is -0.358 e. The monoisotopic (exact) mass is 350 g/mol. The number of carbonyl (C=O) groups is 1. The molecule has 25 heavy (non-hydrogen) atoms. The quantitative estimate of drug-likeness (QED) is 0.811. The zero-order valence-electron chi connectivity index (χ0n) is 14.1. The lowest BCUT2D eigenvalue weighted by atomic mass is 9.87. The van der Waals surface area contributed by atoms with Crippen molar-refractivity contribution in [3.05, 3.63) is 47.7 Å². The lowest BCUT2D eigenvalue weighted by Crippen LogP contribution is -2.39. The first-order valence-electron chi connectivity index (χ1n) is 8.39. The van der Waals surface area contributed by atoms with Crippen molar-refractivity contribution in [3.8, 4) is 0 Å². The molecule has 2 aromatic rings. The maximum atomic E-state index is 12.8. The summed E-state index contributed by atoms with van der Waals surface area (Å²) in [4.78, 5) is 16.8. The number of amides is 1. The van der Waals surface area contributed by atoms with Crippen LogP contribution in [0.3, 0.4) is 0 Å². The van der Waals surface area contributed by atoms with Gasteiger partial charge in [0.1, 0.15) is 6.54 Å². The first kappa shape index (κ1) is 17.6. The molecule has 0 bridgehead atoms. The molecule has 0 saturated carbocycles. The summed E-state index contributed by atoms with van der Waals surface area (Å²) >= 11 is 0. The summed E-state index contributed by atoms with van der Waals surface area (Å²) in [5, 5.41) is 0.943. The number of benzene rings is 1. The van der Waals surface area contributed by atoms with Crippen molar-refractivity contribution in [2.24, 2.45) is 5.92 Å². The van der Waals surface area contributed by atoms with Crippen molar-refractivity contribution in [1.29, 1.82) is 0 Å². The Morgan fingerprint density at radius 1 is 1.44 bits per heavy atom. The van der Waals surface area contributed by atoms with Gasteiger partial charge in [-0.1, -0.05) is 25.1 Å². The molecule has 1 aromatic carbocycles. The smallest absolute Gasteiger partial charge is 0.358 e. The molecule has 1 atom stereocenters. The number of aromatic amines is 1. The van der Waals surface area contributed by atoms with Crippen LogP contribution in [0, 0.1) is 5.92 Å². The van der Waals surface area contributed by atoms with Gasteiger partial charge >= 0.3 is 6.18 Å². The standard InChI is InChI=1S/C19H21F3N2O/c1-3-9-24(11-19(20,21)22)18(25)14-6-4-5-13-15-10-12(2)7-8-16(15)23-17(13)14/h3-6,12,23H,1,7-11H2,2H3. The maximum absolute atomic E-state index is 12.8. The van der Waals surface area contributed by atoms with Gasteiger partial charge in [0.15, 0.2) is 0 Å². The van der Waals surface area contributed by atoms with E-state index < -0.39 is 18.6 Å². The van der Waals surface area contributed by atoms with E-state index in [9.17, 15) is 18.0 Å². The summed E-state index contributed by atoms with van der Waals surface area (Å²) in [6.45, 7) is 4.21. The molecule has 0 radical (unpaired) electrons. The number of aromatic nitrogens is 1. The van der Waals surface area contributed by atoms with Crippen LogP contribution in [0.4, 0.5) is 13.2 Å². The summed E-state index contributed by atoms with van der Waals surface area (Å²) in [5.74, 6) is -0.0668. The van der Waals surface area contributed by atoms with Crippen molar-refractivity contribution in [1.82, 2.24) is 9.88 Å². The maximum Gasteiger partial charge on any atom is 0.406 e. The van der Waals surface area contributed by atoms with Crippen molar-refractivity contribution >= 4 is 16.8 Å². The number of nitrogens with zero attached hydrogens (tertiary/aromatic N) is 1. The Kier molecular flexibility index (Phi) is 4.62. The molecule has 1 aliphatic rings. The normalized spacial score (nSPS) is 17.4. The SMILES string of the molecule is C=CCN(CC(F)(F)F)C(=O)c1cccc2c3c([nH]c12)CCC(C)C3. The highest BCUT2D eigenvalue weighted by atomic mass is 19.4. The Balaban J connectivity index is 2.02. The molecule has 6 heteroatoms. The van der Waals surface area contributed by atoms with Gasteiger partial charge < -0.3 is 9.88 Å². The molecule has 0 spiro atoms. The van der Waals surface area contributed by atoms with E-state index >= 15 is 0 Å². The highest BCUT2D eigenvalue weighted by Gasteiger charge is 2.33. The summed E-state index contributed by atoms with van der Waals surface area (Å²) in [7, 11) is 0. The molecule has 1 heterocycles. The molecular weight excluding hydrogens is 329 g/mol. The Bertz CT molecular complexity index is 807. The Morgan fingerprint density at radius 3 is 2.88 bits per heavy atom. The largest absolute Gasteiger partial charge is 0.406 e.